The van der Waals surface area contributed by atoms with Crippen LogP contribution in [-0.2, 0) is 0 Å². The van der Waals surface area contributed by atoms with Gasteiger partial charge in [0.05, 0.1) is 11.1 Å². The minimum atomic E-state index is -0.866. The Morgan fingerprint density at radius 1 is 1.07 bits per heavy atom. The normalized spacial score (nSPS) is 27.7. The number of benzene rings is 2. The largest absolute Gasteiger partial charge is 0.508 e. The number of nitrogens with zero attached hydrogens (tertiary/aromatic N) is 5. The van der Waals surface area contributed by atoms with Crippen LogP contribution in [0.1, 0.15) is 32.1 Å². The lowest BCUT2D eigenvalue weighted by molar-refractivity contribution is 0.107. The molecule has 2 N–H and O–H groups in total. The summed E-state index contributed by atoms with van der Waals surface area (Å²) in [4.78, 5) is 18.4. The van der Waals surface area contributed by atoms with Gasteiger partial charge in [0, 0.05) is 66.7 Å². The van der Waals surface area contributed by atoms with Crippen LogP contribution in [0, 0.1) is 5.82 Å². The number of rotatable bonds is 5. The highest BCUT2D eigenvalue weighted by atomic mass is 19.1. The molecule has 0 amide bonds. The number of piperazine rings is 1. The minimum Gasteiger partial charge on any atom is -0.508 e. The summed E-state index contributed by atoms with van der Waals surface area (Å²) in [6.45, 7) is 3.26. The first-order valence-electron chi connectivity index (χ1n) is 14.6. The number of aromatic nitrogens is 3. The fourth-order valence-corrected chi connectivity index (χ4v) is 7.76. The average Bonchev–Trinajstić information content (AvgIpc) is 3.58. The molecule has 2 aromatic carbocycles. The Bertz CT molecular complexity index is 1650. The van der Waals surface area contributed by atoms with Crippen molar-refractivity contribution in [3.05, 3.63) is 48.4 Å². The number of alkyl halides is 1. The number of nitrogens with one attached hydrogen (secondary N) is 1. The van der Waals surface area contributed by atoms with Crippen LogP contribution in [0.2, 0.25) is 0 Å². The molecule has 10 heteroatoms. The first-order valence-corrected chi connectivity index (χ1v) is 14.6. The van der Waals surface area contributed by atoms with E-state index in [9.17, 15) is 9.50 Å². The van der Waals surface area contributed by atoms with Gasteiger partial charge in [0.25, 0.3) is 0 Å². The monoisotopic (exact) mass is 558 g/mol. The Morgan fingerprint density at radius 3 is 2.78 bits per heavy atom. The van der Waals surface area contributed by atoms with Crippen molar-refractivity contribution in [2.24, 2.45) is 0 Å². The highest BCUT2D eigenvalue weighted by Gasteiger charge is 2.49. The van der Waals surface area contributed by atoms with Crippen LogP contribution in [0.3, 0.4) is 0 Å². The zero-order chi connectivity index (χ0) is 27.7. The van der Waals surface area contributed by atoms with Crippen LogP contribution in [0.25, 0.3) is 32.9 Å². The van der Waals surface area contributed by atoms with Crippen molar-refractivity contribution in [1.29, 1.82) is 0 Å². The van der Waals surface area contributed by atoms with Gasteiger partial charge in [0.15, 0.2) is 5.82 Å². The standard InChI is InChI=1S/C31H32F2N6O2/c32-18-13-31(8-2-10-38(31)16-18)17-41-30-36-28-24(29(37-30)39-19-4-5-20(39)15-34-14-19)7-6-23(27(28)33)25-11-21(40)12-26-22(25)3-1-9-35-26/h1,3,6-7,9,11-12,18-20,34,40H,2,4-5,8,10,13-17H2/t18-,19?,20?,31+/m1/s1. The van der Waals surface area contributed by atoms with Crippen molar-refractivity contribution in [3.8, 4) is 22.9 Å². The van der Waals surface area contributed by atoms with Gasteiger partial charge in [-0.25, -0.2) is 8.78 Å². The number of anilines is 1. The van der Waals surface area contributed by atoms with Crippen molar-refractivity contribution >= 4 is 27.6 Å². The van der Waals surface area contributed by atoms with E-state index < -0.39 is 12.0 Å². The van der Waals surface area contributed by atoms with Gasteiger partial charge in [0.1, 0.15) is 29.9 Å². The number of hydrogen-bond donors (Lipinski definition) is 2. The van der Waals surface area contributed by atoms with E-state index in [0.29, 0.717) is 40.8 Å². The van der Waals surface area contributed by atoms with Crippen LogP contribution in [0.15, 0.2) is 42.6 Å². The molecule has 212 valence electrons. The lowest BCUT2D eigenvalue weighted by atomic mass is 9.95. The molecule has 41 heavy (non-hydrogen) atoms. The molecule has 4 aliphatic rings. The molecule has 4 atom stereocenters. The second-order valence-electron chi connectivity index (χ2n) is 12.0. The molecule has 0 radical (unpaired) electrons. The number of ether oxygens (including phenoxy) is 1. The van der Waals surface area contributed by atoms with Gasteiger partial charge < -0.3 is 20.1 Å². The van der Waals surface area contributed by atoms with E-state index in [-0.39, 0.29) is 41.5 Å². The van der Waals surface area contributed by atoms with Crippen LogP contribution in [0.4, 0.5) is 14.6 Å². The van der Waals surface area contributed by atoms with Gasteiger partial charge in [-0.3, -0.25) is 9.88 Å². The summed E-state index contributed by atoms with van der Waals surface area (Å²) in [5, 5.41) is 15.3. The molecule has 0 spiro atoms. The molecule has 4 saturated heterocycles. The van der Waals surface area contributed by atoms with E-state index in [4.69, 9.17) is 9.72 Å². The van der Waals surface area contributed by atoms with Gasteiger partial charge in [-0.1, -0.05) is 12.1 Å². The van der Waals surface area contributed by atoms with E-state index in [0.717, 1.165) is 50.7 Å². The molecular formula is C31H32F2N6O2. The topological polar surface area (TPSA) is 86.6 Å². The SMILES string of the molecule is Oc1cc(-c2ccc3c(N4C5CCC4CNC5)nc(OC[C@@]45CCCN4C[C@H](F)C5)nc3c2F)c2cccnc2c1. The molecule has 4 fully saturated rings. The molecule has 8 nitrogen and oxygen atoms in total. The maximum atomic E-state index is 16.6. The molecule has 0 saturated carbocycles. The van der Waals surface area contributed by atoms with Gasteiger partial charge in [-0.2, -0.15) is 9.97 Å². The Hall–Kier alpha value is -3.63. The number of halogens is 2. The zero-order valence-corrected chi connectivity index (χ0v) is 22.7. The van der Waals surface area contributed by atoms with Crippen LogP contribution in [-0.4, -0.2) is 81.5 Å². The molecule has 2 unspecified atom stereocenters. The fourth-order valence-electron chi connectivity index (χ4n) is 7.76. The first kappa shape index (κ1) is 25.1. The van der Waals surface area contributed by atoms with E-state index in [2.05, 4.69) is 25.1 Å². The van der Waals surface area contributed by atoms with E-state index in [1.807, 2.05) is 12.1 Å². The molecule has 6 heterocycles. The minimum absolute atomic E-state index is 0.0126. The zero-order valence-electron chi connectivity index (χ0n) is 22.7. The Labute approximate surface area is 236 Å². The smallest absolute Gasteiger partial charge is 0.319 e. The summed E-state index contributed by atoms with van der Waals surface area (Å²) >= 11 is 0. The Kier molecular flexibility index (Phi) is 5.79. The molecule has 8 rings (SSSR count). The first-order chi connectivity index (χ1) is 20.0. The number of pyridine rings is 1. The molecule has 0 aliphatic carbocycles. The van der Waals surface area contributed by atoms with E-state index in [1.54, 1.807) is 30.5 Å². The summed E-state index contributed by atoms with van der Waals surface area (Å²) < 4.78 is 37.3. The summed E-state index contributed by atoms with van der Waals surface area (Å²) in [6.07, 6.45) is 5.17. The lowest BCUT2D eigenvalue weighted by Crippen LogP contribution is -2.52. The quantitative estimate of drug-likeness (QED) is 0.368. The number of phenolic OH excluding ortho intramolecular Hbond substituents is 1. The van der Waals surface area contributed by atoms with Crippen molar-refractivity contribution in [1.82, 2.24) is 25.2 Å². The van der Waals surface area contributed by atoms with E-state index in [1.165, 1.54) is 0 Å². The second kappa shape index (κ2) is 9.46. The van der Waals surface area contributed by atoms with Crippen molar-refractivity contribution in [2.75, 3.05) is 37.7 Å². The van der Waals surface area contributed by atoms with Crippen molar-refractivity contribution in [2.45, 2.75) is 55.9 Å². The van der Waals surface area contributed by atoms with E-state index >= 15 is 4.39 Å². The average molecular weight is 559 g/mol. The Balaban J connectivity index is 1.26. The summed E-state index contributed by atoms with van der Waals surface area (Å²) in [6, 6.07) is 11.0. The molecule has 4 aromatic rings. The summed E-state index contributed by atoms with van der Waals surface area (Å²) in [5.41, 5.74) is 1.26. The number of aromatic hydroxyl groups is 1. The number of hydrogen-bond acceptors (Lipinski definition) is 8. The summed E-state index contributed by atoms with van der Waals surface area (Å²) in [7, 11) is 0. The molecular weight excluding hydrogens is 526 g/mol. The van der Waals surface area contributed by atoms with Gasteiger partial charge in [-0.15, -0.1) is 0 Å². The third kappa shape index (κ3) is 4.02. The third-order valence-electron chi connectivity index (χ3n) is 9.62. The molecule has 2 aromatic heterocycles. The van der Waals surface area contributed by atoms with Crippen LogP contribution >= 0.6 is 0 Å². The lowest BCUT2D eigenvalue weighted by Gasteiger charge is -2.37. The Morgan fingerprint density at radius 2 is 1.93 bits per heavy atom. The maximum absolute atomic E-state index is 16.6. The predicted octanol–water partition coefficient (Wildman–Crippen LogP) is 4.59. The van der Waals surface area contributed by atoms with Crippen molar-refractivity contribution < 1.29 is 18.6 Å². The van der Waals surface area contributed by atoms with Crippen LogP contribution in [0.5, 0.6) is 11.8 Å². The second-order valence-corrected chi connectivity index (χ2v) is 12.0. The third-order valence-corrected chi connectivity index (χ3v) is 9.62. The van der Waals surface area contributed by atoms with Gasteiger partial charge in [0.2, 0.25) is 0 Å². The van der Waals surface area contributed by atoms with Crippen molar-refractivity contribution in [3.63, 3.8) is 0 Å². The number of phenols is 1. The van der Waals surface area contributed by atoms with Gasteiger partial charge in [-0.05, 0) is 56.0 Å². The highest BCUT2D eigenvalue weighted by Crippen LogP contribution is 2.42. The van der Waals surface area contributed by atoms with Crippen LogP contribution < -0.4 is 15.0 Å². The highest BCUT2D eigenvalue weighted by molar-refractivity contribution is 6.00. The predicted molar refractivity (Wildman–Crippen MR) is 153 cm³/mol. The summed E-state index contributed by atoms with van der Waals surface area (Å²) in [5.74, 6) is 0.195. The molecule has 4 aliphatic heterocycles. The van der Waals surface area contributed by atoms with Gasteiger partial charge >= 0.3 is 6.01 Å². The molecule has 2 bridgehead atoms. The maximum Gasteiger partial charge on any atom is 0.319 e. The fraction of sp³-hybridized carbons (Fsp3) is 0.452. The number of fused-ring (bicyclic) bond motifs is 5.